The van der Waals surface area contributed by atoms with E-state index >= 15 is 0 Å². The largest absolute Gasteiger partial charge is 0.489 e. The number of piperidine rings is 1. The molecule has 2 N–H and O–H groups in total. The summed E-state index contributed by atoms with van der Waals surface area (Å²) in [5.41, 5.74) is 1.11. The van der Waals surface area contributed by atoms with Gasteiger partial charge in [-0.1, -0.05) is 0 Å². The smallest absolute Gasteiger partial charge is 0.119 e. The SMILES string of the molecule is CNc1ccc(OC2CCCNC2)cc1. The molecule has 0 bridgehead atoms. The summed E-state index contributed by atoms with van der Waals surface area (Å²) in [5, 5.41) is 6.43. The molecule has 0 aliphatic carbocycles. The van der Waals surface area contributed by atoms with Crippen molar-refractivity contribution in [3.05, 3.63) is 24.3 Å². The highest BCUT2D eigenvalue weighted by molar-refractivity contribution is 5.45. The van der Waals surface area contributed by atoms with E-state index in [2.05, 4.69) is 10.6 Å². The van der Waals surface area contributed by atoms with Gasteiger partial charge in [0.1, 0.15) is 11.9 Å². The lowest BCUT2D eigenvalue weighted by Crippen LogP contribution is -2.37. The Hall–Kier alpha value is -1.22. The highest BCUT2D eigenvalue weighted by atomic mass is 16.5. The molecule has 2 rings (SSSR count). The van der Waals surface area contributed by atoms with E-state index in [-0.39, 0.29) is 0 Å². The number of hydrogen-bond acceptors (Lipinski definition) is 3. The Kier molecular flexibility index (Phi) is 3.45. The van der Waals surface area contributed by atoms with Crippen LogP contribution in [0.25, 0.3) is 0 Å². The number of anilines is 1. The molecule has 82 valence electrons. The fourth-order valence-corrected chi connectivity index (χ4v) is 1.81. The van der Waals surface area contributed by atoms with Crippen molar-refractivity contribution in [2.24, 2.45) is 0 Å². The lowest BCUT2D eigenvalue weighted by atomic mass is 10.1. The molecule has 15 heavy (non-hydrogen) atoms. The van der Waals surface area contributed by atoms with Gasteiger partial charge in [0.15, 0.2) is 0 Å². The molecular weight excluding hydrogens is 188 g/mol. The van der Waals surface area contributed by atoms with Gasteiger partial charge < -0.3 is 15.4 Å². The van der Waals surface area contributed by atoms with Crippen LogP contribution in [0, 0.1) is 0 Å². The molecular formula is C12H18N2O. The molecule has 0 amide bonds. The molecule has 1 fully saturated rings. The Bertz CT molecular complexity index is 291. The first-order chi connectivity index (χ1) is 7.38. The van der Waals surface area contributed by atoms with Gasteiger partial charge >= 0.3 is 0 Å². The van der Waals surface area contributed by atoms with Gasteiger partial charge in [-0.15, -0.1) is 0 Å². The highest BCUT2D eigenvalue weighted by Gasteiger charge is 2.13. The van der Waals surface area contributed by atoms with Crippen molar-refractivity contribution in [3.63, 3.8) is 0 Å². The van der Waals surface area contributed by atoms with E-state index in [4.69, 9.17) is 4.74 Å². The maximum Gasteiger partial charge on any atom is 0.119 e. The van der Waals surface area contributed by atoms with Gasteiger partial charge in [-0.25, -0.2) is 0 Å². The third-order valence-corrected chi connectivity index (χ3v) is 2.70. The summed E-state index contributed by atoms with van der Waals surface area (Å²) >= 11 is 0. The van der Waals surface area contributed by atoms with Crippen LogP contribution < -0.4 is 15.4 Å². The van der Waals surface area contributed by atoms with Crippen LogP contribution in [0.2, 0.25) is 0 Å². The molecule has 0 radical (unpaired) electrons. The van der Waals surface area contributed by atoms with Crippen molar-refractivity contribution in [3.8, 4) is 5.75 Å². The van der Waals surface area contributed by atoms with Gasteiger partial charge in [-0.05, 0) is 43.7 Å². The number of nitrogens with one attached hydrogen (secondary N) is 2. The van der Waals surface area contributed by atoms with Crippen LogP contribution in [-0.4, -0.2) is 26.2 Å². The fourth-order valence-electron chi connectivity index (χ4n) is 1.81. The first-order valence-electron chi connectivity index (χ1n) is 5.53. The summed E-state index contributed by atoms with van der Waals surface area (Å²) < 4.78 is 5.86. The Balaban J connectivity index is 1.91. The van der Waals surface area contributed by atoms with Crippen molar-refractivity contribution in [1.29, 1.82) is 0 Å². The third-order valence-electron chi connectivity index (χ3n) is 2.70. The van der Waals surface area contributed by atoms with Crippen molar-refractivity contribution < 1.29 is 4.74 Å². The predicted octanol–water partition coefficient (Wildman–Crippen LogP) is 1.86. The van der Waals surface area contributed by atoms with Crippen LogP contribution in [0.3, 0.4) is 0 Å². The monoisotopic (exact) mass is 206 g/mol. The van der Waals surface area contributed by atoms with Crippen molar-refractivity contribution in [2.45, 2.75) is 18.9 Å². The minimum Gasteiger partial charge on any atom is -0.489 e. The van der Waals surface area contributed by atoms with E-state index < -0.39 is 0 Å². The molecule has 1 aromatic rings. The van der Waals surface area contributed by atoms with Crippen LogP contribution >= 0.6 is 0 Å². The van der Waals surface area contributed by atoms with Gasteiger partial charge in [0.25, 0.3) is 0 Å². The normalized spacial score (nSPS) is 21.0. The zero-order chi connectivity index (χ0) is 10.5. The molecule has 3 heteroatoms. The lowest BCUT2D eigenvalue weighted by molar-refractivity contribution is 0.167. The minimum absolute atomic E-state index is 0.333. The second-order valence-electron chi connectivity index (χ2n) is 3.86. The van der Waals surface area contributed by atoms with Crippen LogP contribution in [0.5, 0.6) is 5.75 Å². The quantitative estimate of drug-likeness (QED) is 0.792. The molecule has 3 nitrogen and oxygen atoms in total. The summed E-state index contributed by atoms with van der Waals surface area (Å²) in [6.45, 7) is 2.09. The molecule has 1 aliphatic rings. The molecule has 0 spiro atoms. The number of rotatable bonds is 3. The molecule has 1 unspecified atom stereocenters. The van der Waals surface area contributed by atoms with E-state index in [1.54, 1.807) is 0 Å². The van der Waals surface area contributed by atoms with Gasteiger partial charge in [0.05, 0.1) is 0 Å². The highest BCUT2D eigenvalue weighted by Crippen LogP contribution is 2.18. The fraction of sp³-hybridized carbons (Fsp3) is 0.500. The second-order valence-corrected chi connectivity index (χ2v) is 3.86. The van der Waals surface area contributed by atoms with Gasteiger partial charge in [0.2, 0.25) is 0 Å². The first kappa shape index (κ1) is 10.3. The van der Waals surface area contributed by atoms with Crippen LogP contribution in [0.15, 0.2) is 24.3 Å². The van der Waals surface area contributed by atoms with Gasteiger partial charge in [0, 0.05) is 19.3 Å². The van der Waals surface area contributed by atoms with E-state index in [9.17, 15) is 0 Å². The van der Waals surface area contributed by atoms with Crippen molar-refractivity contribution >= 4 is 5.69 Å². The van der Waals surface area contributed by atoms with Gasteiger partial charge in [-0.3, -0.25) is 0 Å². The molecule has 1 heterocycles. The predicted molar refractivity (Wildman–Crippen MR) is 62.5 cm³/mol. The Labute approximate surface area is 90.8 Å². The summed E-state index contributed by atoms with van der Waals surface area (Å²) in [4.78, 5) is 0. The molecule has 0 saturated carbocycles. The Morgan fingerprint density at radius 3 is 2.73 bits per heavy atom. The first-order valence-corrected chi connectivity index (χ1v) is 5.53. The molecule has 0 aromatic heterocycles. The molecule has 1 saturated heterocycles. The maximum absolute atomic E-state index is 5.86. The van der Waals surface area contributed by atoms with Crippen LogP contribution in [0.1, 0.15) is 12.8 Å². The Morgan fingerprint density at radius 1 is 1.33 bits per heavy atom. The topological polar surface area (TPSA) is 33.3 Å². The maximum atomic E-state index is 5.86. The zero-order valence-electron chi connectivity index (χ0n) is 9.12. The number of benzene rings is 1. The molecule has 1 aliphatic heterocycles. The minimum atomic E-state index is 0.333. The van der Waals surface area contributed by atoms with Crippen LogP contribution in [-0.2, 0) is 0 Å². The van der Waals surface area contributed by atoms with Crippen LogP contribution in [0.4, 0.5) is 5.69 Å². The zero-order valence-corrected chi connectivity index (χ0v) is 9.12. The van der Waals surface area contributed by atoms with E-state index in [0.717, 1.165) is 30.9 Å². The molecule has 1 atom stereocenters. The average Bonchev–Trinajstić information content (AvgIpc) is 2.31. The summed E-state index contributed by atoms with van der Waals surface area (Å²) in [7, 11) is 1.92. The second kappa shape index (κ2) is 5.03. The molecule has 1 aromatic carbocycles. The van der Waals surface area contributed by atoms with Crippen molar-refractivity contribution in [1.82, 2.24) is 5.32 Å². The van der Waals surface area contributed by atoms with Crippen molar-refractivity contribution in [2.75, 3.05) is 25.5 Å². The number of ether oxygens (including phenoxy) is 1. The summed E-state index contributed by atoms with van der Waals surface area (Å²) in [6.07, 6.45) is 2.69. The van der Waals surface area contributed by atoms with Gasteiger partial charge in [-0.2, -0.15) is 0 Å². The summed E-state index contributed by atoms with van der Waals surface area (Å²) in [6, 6.07) is 8.10. The average molecular weight is 206 g/mol. The summed E-state index contributed by atoms with van der Waals surface area (Å²) in [5.74, 6) is 0.961. The Morgan fingerprint density at radius 2 is 2.13 bits per heavy atom. The lowest BCUT2D eigenvalue weighted by Gasteiger charge is -2.23. The number of hydrogen-bond donors (Lipinski definition) is 2. The third kappa shape index (κ3) is 2.86. The van der Waals surface area contributed by atoms with E-state index in [1.165, 1.54) is 6.42 Å². The standard InChI is InChI=1S/C12H18N2O/c1-13-10-4-6-11(7-5-10)15-12-3-2-8-14-9-12/h4-7,12-14H,2-3,8-9H2,1H3. The van der Waals surface area contributed by atoms with E-state index in [1.807, 2.05) is 31.3 Å². The van der Waals surface area contributed by atoms with E-state index in [0.29, 0.717) is 6.10 Å².